The van der Waals surface area contributed by atoms with Crippen molar-refractivity contribution in [3.8, 4) is 5.75 Å². The second kappa shape index (κ2) is 7.42. The lowest BCUT2D eigenvalue weighted by Crippen LogP contribution is -2.35. The van der Waals surface area contributed by atoms with Crippen LogP contribution in [0, 0.1) is 0 Å². The molecule has 0 radical (unpaired) electrons. The van der Waals surface area contributed by atoms with Gasteiger partial charge in [0.15, 0.2) is 6.10 Å². The molecule has 25 heavy (non-hydrogen) atoms. The molecule has 0 aliphatic rings. The van der Waals surface area contributed by atoms with Gasteiger partial charge in [-0.2, -0.15) is 0 Å². The molecule has 1 unspecified atom stereocenters. The van der Waals surface area contributed by atoms with Gasteiger partial charge in [-0.05, 0) is 42.2 Å². The molecule has 2 aromatic rings. The molecule has 0 bridgehead atoms. The predicted octanol–water partition coefficient (Wildman–Crippen LogP) is 3.36. The van der Waals surface area contributed by atoms with Crippen LogP contribution in [-0.4, -0.2) is 23.1 Å². The molecule has 2 N–H and O–H groups in total. The molecular weight excluding hydrogens is 322 g/mol. The first-order chi connectivity index (χ1) is 11.7. The molecule has 1 aromatic carbocycles. The molecule has 6 nitrogen and oxygen atoms in total. The third kappa shape index (κ3) is 5.11. The van der Waals surface area contributed by atoms with Crippen LogP contribution in [0.1, 0.15) is 49.6 Å². The average molecular weight is 345 g/mol. The Hall–Kier alpha value is -2.76. The molecule has 2 rings (SSSR count). The standard InChI is InChI=1S/C19H23NO5/c1-12(24-14-7-5-6-13(10-14)19(2,3)4)17(21)20-11-15-8-9-16(25-15)18(22)23/h5-10,12H,11H2,1-4H3,(H,20,21)(H,22,23). The lowest BCUT2D eigenvalue weighted by Gasteiger charge is -2.21. The number of hydrogen-bond donors (Lipinski definition) is 2. The van der Waals surface area contributed by atoms with E-state index in [1.54, 1.807) is 6.92 Å². The van der Waals surface area contributed by atoms with Crippen LogP contribution in [-0.2, 0) is 16.8 Å². The van der Waals surface area contributed by atoms with E-state index in [0.29, 0.717) is 11.5 Å². The molecule has 0 aliphatic heterocycles. The van der Waals surface area contributed by atoms with Gasteiger partial charge in [0.25, 0.3) is 5.91 Å². The fraction of sp³-hybridized carbons (Fsp3) is 0.368. The van der Waals surface area contributed by atoms with Crippen LogP contribution >= 0.6 is 0 Å². The normalized spacial score (nSPS) is 12.5. The Balaban J connectivity index is 1.92. The number of furan rings is 1. The molecule has 1 aromatic heterocycles. The number of carbonyl (C=O) groups excluding carboxylic acids is 1. The van der Waals surface area contributed by atoms with E-state index in [4.69, 9.17) is 14.3 Å². The summed E-state index contributed by atoms with van der Waals surface area (Å²) in [7, 11) is 0. The molecule has 0 saturated heterocycles. The van der Waals surface area contributed by atoms with E-state index in [9.17, 15) is 9.59 Å². The Labute approximate surface area is 146 Å². The van der Waals surface area contributed by atoms with Crippen molar-refractivity contribution in [2.24, 2.45) is 0 Å². The summed E-state index contributed by atoms with van der Waals surface area (Å²) in [6.45, 7) is 8.08. The van der Waals surface area contributed by atoms with Crippen molar-refractivity contribution in [2.45, 2.75) is 45.8 Å². The number of ether oxygens (including phenoxy) is 1. The van der Waals surface area contributed by atoms with E-state index in [-0.39, 0.29) is 23.6 Å². The fourth-order valence-electron chi connectivity index (χ4n) is 2.20. The van der Waals surface area contributed by atoms with Crippen LogP contribution in [0.15, 0.2) is 40.8 Å². The second-order valence-electron chi connectivity index (χ2n) is 6.83. The second-order valence-corrected chi connectivity index (χ2v) is 6.83. The SMILES string of the molecule is CC(Oc1cccc(C(C)(C)C)c1)C(=O)NCc1ccc(C(=O)O)o1. The largest absolute Gasteiger partial charge is 0.481 e. The van der Waals surface area contributed by atoms with Gasteiger partial charge in [0.2, 0.25) is 5.76 Å². The number of hydrogen-bond acceptors (Lipinski definition) is 4. The van der Waals surface area contributed by atoms with Crippen molar-refractivity contribution in [3.63, 3.8) is 0 Å². The quantitative estimate of drug-likeness (QED) is 0.838. The lowest BCUT2D eigenvalue weighted by atomic mass is 9.87. The van der Waals surface area contributed by atoms with Crippen LogP contribution in [0.3, 0.4) is 0 Å². The summed E-state index contributed by atoms with van der Waals surface area (Å²) >= 11 is 0. The molecule has 0 fully saturated rings. The monoisotopic (exact) mass is 345 g/mol. The van der Waals surface area contributed by atoms with Crippen LogP contribution < -0.4 is 10.1 Å². The summed E-state index contributed by atoms with van der Waals surface area (Å²) in [6, 6.07) is 10.5. The highest BCUT2D eigenvalue weighted by Crippen LogP contribution is 2.26. The molecule has 134 valence electrons. The van der Waals surface area contributed by atoms with Crippen LogP contribution in [0.2, 0.25) is 0 Å². The topological polar surface area (TPSA) is 88.8 Å². The van der Waals surface area contributed by atoms with Gasteiger partial charge < -0.3 is 19.6 Å². The van der Waals surface area contributed by atoms with Gasteiger partial charge in [0, 0.05) is 0 Å². The minimum Gasteiger partial charge on any atom is -0.481 e. The maximum Gasteiger partial charge on any atom is 0.371 e. The van der Waals surface area contributed by atoms with Gasteiger partial charge in [-0.1, -0.05) is 32.9 Å². The van der Waals surface area contributed by atoms with Gasteiger partial charge in [0.05, 0.1) is 6.54 Å². The molecule has 1 amide bonds. The molecule has 1 atom stereocenters. The number of aromatic carboxylic acids is 1. The summed E-state index contributed by atoms with van der Waals surface area (Å²) in [5.74, 6) is -0.621. The molecule has 6 heteroatoms. The maximum atomic E-state index is 12.1. The van der Waals surface area contributed by atoms with Gasteiger partial charge in [0.1, 0.15) is 11.5 Å². The van der Waals surface area contributed by atoms with Crippen molar-refractivity contribution in [2.75, 3.05) is 0 Å². The first kappa shape index (κ1) is 18.6. The summed E-state index contributed by atoms with van der Waals surface area (Å²) in [5, 5.41) is 11.5. The maximum absolute atomic E-state index is 12.1. The zero-order chi connectivity index (χ0) is 18.6. The molecule has 0 aliphatic carbocycles. The summed E-state index contributed by atoms with van der Waals surface area (Å²) in [6.07, 6.45) is -0.691. The smallest absolute Gasteiger partial charge is 0.371 e. The molecule has 1 heterocycles. The zero-order valence-electron chi connectivity index (χ0n) is 14.8. The average Bonchev–Trinajstić information content (AvgIpc) is 3.01. The predicted molar refractivity (Wildman–Crippen MR) is 92.7 cm³/mol. The summed E-state index contributed by atoms with van der Waals surface area (Å²) in [4.78, 5) is 22.9. The van der Waals surface area contributed by atoms with Gasteiger partial charge >= 0.3 is 5.97 Å². The Kier molecular flexibility index (Phi) is 5.51. The Morgan fingerprint density at radius 2 is 1.96 bits per heavy atom. The van der Waals surface area contributed by atoms with E-state index in [0.717, 1.165) is 5.56 Å². The molecule has 0 saturated carbocycles. The Morgan fingerprint density at radius 3 is 2.56 bits per heavy atom. The Morgan fingerprint density at radius 1 is 1.24 bits per heavy atom. The highest BCUT2D eigenvalue weighted by molar-refractivity contribution is 5.84. The van der Waals surface area contributed by atoms with E-state index in [1.807, 2.05) is 24.3 Å². The highest BCUT2D eigenvalue weighted by atomic mass is 16.5. The molecule has 0 spiro atoms. The third-order valence-corrected chi connectivity index (χ3v) is 3.69. The first-order valence-corrected chi connectivity index (χ1v) is 8.04. The number of rotatable bonds is 6. The number of nitrogens with one attached hydrogen (secondary N) is 1. The van der Waals surface area contributed by atoms with Crippen molar-refractivity contribution >= 4 is 11.9 Å². The van der Waals surface area contributed by atoms with Crippen molar-refractivity contribution in [1.29, 1.82) is 0 Å². The summed E-state index contributed by atoms with van der Waals surface area (Å²) < 4.78 is 10.8. The number of carbonyl (C=O) groups is 2. The van der Waals surface area contributed by atoms with Gasteiger partial charge in [-0.3, -0.25) is 4.79 Å². The van der Waals surface area contributed by atoms with Crippen molar-refractivity contribution < 1.29 is 23.8 Å². The van der Waals surface area contributed by atoms with E-state index < -0.39 is 12.1 Å². The number of amides is 1. The van der Waals surface area contributed by atoms with E-state index in [2.05, 4.69) is 26.1 Å². The van der Waals surface area contributed by atoms with Crippen LogP contribution in [0.4, 0.5) is 0 Å². The zero-order valence-corrected chi connectivity index (χ0v) is 14.8. The lowest BCUT2D eigenvalue weighted by molar-refractivity contribution is -0.127. The highest BCUT2D eigenvalue weighted by Gasteiger charge is 2.18. The van der Waals surface area contributed by atoms with E-state index >= 15 is 0 Å². The number of carboxylic acid groups (broad SMARTS) is 1. The minimum atomic E-state index is -1.15. The number of carboxylic acids is 1. The Bertz CT molecular complexity index is 757. The third-order valence-electron chi connectivity index (χ3n) is 3.69. The van der Waals surface area contributed by atoms with Gasteiger partial charge in [-0.15, -0.1) is 0 Å². The van der Waals surface area contributed by atoms with Gasteiger partial charge in [-0.25, -0.2) is 4.79 Å². The molecular formula is C19H23NO5. The fourth-order valence-corrected chi connectivity index (χ4v) is 2.20. The van der Waals surface area contributed by atoms with Crippen molar-refractivity contribution in [3.05, 3.63) is 53.5 Å². The number of benzene rings is 1. The van der Waals surface area contributed by atoms with Crippen LogP contribution in [0.25, 0.3) is 0 Å². The summed E-state index contributed by atoms with van der Waals surface area (Å²) in [5.41, 5.74) is 1.11. The van der Waals surface area contributed by atoms with E-state index in [1.165, 1.54) is 12.1 Å². The first-order valence-electron chi connectivity index (χ1n) is 8.04. The van der Waals surface area contributed by atoms with Crippen molar-refractivity contribution in [1.82, 2.24) is 5.32 Å². The van der Waals surface area contributed by atoms with Crippen LogP contribution in [0.5, 0.6) is 5.75 Å². The minimum absolute atomic E-state index is 0.00793.